The molecular weight excluding hydrogens is 398 g/mol. The summed E-state index contributed by atoms with van der Waals surface area (Å²) in [6.45, 7) is 3.24. The second-order valence-electron chi connectivity index (χ2n) is 7.01. The van der Waals surface area contributed by atoms with Crippen molar-refractivity contribution in [3.05, 3.63) is 89.0 Å². The number of rotatable bonds is 5. The Bertz CT molecular complexity index is 1030. The molecule has 1 heterocycles. The molecule has 0 aliphatic carbocycles. The highest BCUT2D eigenvalue weighted by molar-refractivity contribution is 5.67. The van der Waals surface area contributed by atoms with Gasteiger partial charge in [-0.3, -0.25) is 10.1 Å². The Labute approximate surface area is 179 Å². The van der Waals surface area contributed by atoms with E-state index in [0.717, 1.165) is 37.6 Å². The van der Waals surface area contributed by atoms with Crippen molar-refractivity contribution in [2.45, 2.75) is 0 Å². The molecule has 0 unspecified atom stereocenters. The first-order chi connectivity index (χ1) is 15.1. The van der Waals surface area contributed by atoms with Gasteiger partial charge in [-0.05, 0) is 48.5 Å². The zero-order valence-corrected chi connectivity index (χ0v) is 16.7. The minimum atomic E-state index is -0.782. The van der Waals surface area contributed by atoms with Gasteiger partial charge in [-0.1, -0.05) is 18.2 Å². The molecule has 0 spiro atoms. The molecular formula is C23H21N3O5. The fraction of sp³-hybridized carbons (Fsp3) is 0.174. The van der Waals surface area contributed by atoms with Crippen LogP contribution in [0.15, 0.2) is 78.9 Å². The second-order valence-corrected chi connectivity index (χ2v) is 7.01. The number of anilines is 2. The van der Waals surface area contributed by atoms with E-state index in [4.69, 9.17) is 9.47 Å². The quantitative estimate of drug-likeness (QED) is 0.260. The van der Waals surface area contributed by atoms with Gasteiger partial charge in [-0.15, -0.1) is 0 Å². The molecule has 3 aromatic rings. The molecule has 4 rings (SSSR count). The number of para-hydroxylation sites is 1. The molecule has 1 saturated heterocycles. The van der Waals surface area contributed by atoms with Gasteiger partial charge in [0.1, 0.15) is 11.5 Å². The standard InChI is InChI=1S/C23H21N3O5/c27-23(30-21-4-2-1-3-5-21)31-22-12-10-19(11-13-22)25-16-14-24(15-17-25)18-6-8-20(9-7-18)26(28)29/h1-13H,14-17H2. The topological polar surface area (TPSA) is 85.2 Å². The number of non-ortho nitro benzene ring substituents is 1. The van der Waals surface area contributed by atoms with E-state index in [0.29, 0.717) is 11.5 Å². The predicted molar refractivity (Wildman–Crippen MR) is 117 cm³/mol. The van der Waals surface area contributed by atoms with E-state index in [1.54, 1.807) is 48.5 Å². The molecule has 0 bridgehead atoms. The lowest BCUT2D eigenvalue weighted by Crippen LogP contribution is -2.46. The van der Waals surface area contributed by atoms with Crippen LogP contribution in [0.4, 0.5) is 21.9 Å². The van der Waals surface area contributed by atoms with E-state index in [2.05, 4.69) is 9.80 Å². The van der Waals surface area contributed by atoms with Crippen LogP contribution in [0.3, 0.4) is 0 Å². The van der Waals surface area contributed by atoms with Crippen LogP contribution in [-0.2, 0) is 0 Å². The smallest absolute Gasteiger partial charge is 0.395 e. The maximum Gasteiger partial charge on any atom is 0.519 e. The fourth-order valence-electron chi connectivity index (χ4n) is 3.43. The molecule has 31 heavy (non-hydrogen) atoms. The number of hydrogen-bond donors (Lipinski definition) is 0. The van der Waals surface area contributed by atoms with Crippen LogP contribution in [0.5, 0.6) is 11.5 Å². The Hall–Kier alpha value is -4.07. The molecule has 1 fully saturated rings. The zero-order valence-electron chi connectivity index (χ0n) is 16.7. The van der Waals surface area contributed by atoms with Crippen LogP contribution in [0.1, 0.15) is 0 Å². The average molecular weight is 419 g/mol. The fourth-order valence-corrected chi connectivity index (χ4v) is 3.43. The number of benzene rings is 3. The van der Waals surface area contributed by atoms with Gasteiger partial charge in [0, 0.05) is 49.7 Å². The first-order valence-corrected chi connectivity index (χ1v) is 9.87. The van der Waals surface area contributed by atoms with E-state index in [9.17, 15) is 14.9 Å². The number of carbonyl (C=O) groups excluding carboxylic acids is 1. The molecule has 0 radical (unpaired) electrons. The van der Waals surface area contributed by atoms with Crippen LogP contribution in [0.25, 0.3) is 0 Å². The van der Waals surface area contributed by atoms with E-state index in [1.165, 1.54) is 12.1 Å². The van der Waals surface area contributed by atoms with Crippen molar-refractivity contribution in [2.75, 3.05) is 36.0 Å². The summed E-state index contributed by atoms with van der Waals surface area (Å²) in [7, 11) is 0. The summed E-state index contributed by atoms with van der Waals surface area (Å²) in [4.78, 5) is 26.8. The van der Waals surface area contributed by atoms with E-state index >= 15 is 0 Å². The summed E-state index contributed by atoms with van der Waals surface area (Å²) in [5, 5.41) is 10.8. The molecule has 0 atom stereocenters. The van der Waals surface area contributed by atoms with Crippen LogP contribution < -0.4 is 19.3 Å². The zero-order chi connectivity index (χ0) is 21.6. The summed E-state index contributed by atoms with van der Waals surface area (Å²) >= 11 is 0. The second kappa shape index (κ2) is 9.17. The monoisotopic (exact) mass is 419 g/mol. The van der Waals surface area contributed by atoms with Crippen molar-refractivity contribution in [1.82, 2.24) is 0 Å². The van der Waals surface area contributed by atoms with Crippen molar-refractivity contribution in [2.24, 2.45) is 0 Å². The molecule has 3 aromatic carbocycles. The van der Waals surface area contributed by atoms with Crippen LogP contribution in [-0.4, -0.2) is 37.3 Å². The molecule has 8 nitrogen and oxygen atoms in total. The largest absolute Gasteiger partial charge is 0.519 e. The van der Waals surface area contributed by atoms with Gasteiger partial charge in [-0.25, -0.2) is 4.79 Å². The summed E-state index contributed by atoms with van der Waals surface area (Å²) in [6.07, 6.45) is -0.782. The molecule has 8 heteroatoms. The van der Waals surface area contributed by atoms with Gasteiger partial charge < -0.3 is 19.3 Å². The van der Waals surface area contributed by atoms with Gasteiger partial charge in [0.15, 0.2) is 0 Å². The minimum Gasteiger partial charge on any atom is -0.395 e. The van der Waals surface area contributed by atoms with E-state index in [-0.39, 0.29) is 5.69 Å². The molecule has 1 aliphatic rings. The predicted octanol–water partition coefficient (Wildman–Crippen LogP) is 4.50. The highest BCUT2D eigenvalue weighted by Crippen LogP contribution is 2.24. The van der Waals surface area contributed by atoms with E-state index in [1.807, 2.05) is 18.2 Å². The van der Waals surface area contributed by atoms with Gasteiger partial charge in [0.05, 0.1) is 4.92 Å². The van der Waals surface area contributed by atoms with Crippen molar-refractivity contribution < 1.29 is 19.2 Å². The van der Waals surface area contributed by atoms with Crippen molar-refractivity contribution in [3.8, 4) is 11.5 Å². The number of nitrogens with zero attached hydrogens (tertiary/aromatic N) is 3. The number of nitro groups is 1. The highest BCUT2D eigenvalue weighted by Gasteiger charge is 2.18. The third kappa shape index (κ3) is 5.11. The number of nitro benzene ring substituents is 1. The highest BCUT2D eigenvalue weighted by atomic mass is 16.7. The molecule has 0 aromatic heterocycles. The minimum absolute atomic E-state index is 0.0948. The third-order valence-electron chi connectivity index (χ3n) is 5.05. The van der Waals surface area contributed by atoms with Crippen molar-refractivity contribution in [3.63, 3.8) is 0 Å². The lowest BCUT2D eigenvalue weighted by molar-refractivity contribution is -0.384. The van der Waals surface area contributed by atoms with Crippen LogP contribution >= 0.6 is 0 Å². The normalized spacial score (nSPS) is 13.5. The Morgan fingerprint density at radius 1 is 0.710 bits per heavy atom. The first kappa shape index (κ1) is 20.2. The Balaban J connectivity index is 1.30. The molecule has 0 amide bonds. The summed E-state index contributed by atoms with van der Waals surface area (Å²) in [5.74, 6) is 0.837. The van der Waals surface area contributed by atoms with Crippen LogP contribution in [0, 0.1) is 10.1 Å². The van der Waals surface area contributed by atoms with E-state index < -0.39 is 11.1 Å². The van der Waals surface area contributed by atoms with Gasteiger partial charge in [0.2, 0.25) is 0 Å². The van der Waals surface area contributed by atoms with Crippen molar-refractivity contribution in [1.29, 1.82) is 0 Å². The number of hydrogen-bond acceptors (Lipinski definition) is 7. The average Bonchev–Trinajstić information content (AvgIpc) is 2.80. The van der Waals surface area contributed by atoms with Gasteiger partial charge >= 0.3 is 6.16 Å². The van der Waals surface area contributed by atoms with Crippen LogP contribution in [0.2, 0.25) is 0 Å². The Morgan fingerprint density at radius 3 is 1.65 bits per heavy atom. The van der Waals surface area contributed by atoms with Gasteiger partial charge in [0.25, 0.3) is 5.69 Å². The molecule has 158 valence electrons. The third-order valence-corrected chi connectivity index (χ3v) is 5.05. The van der Waals surface area contributed by atoms with Gasteiger partial charge in [-0.2, -0.15) is 0 Å². The number of ether oxygens (including phenoxy) is 2. The lowest BCUT2D eigenvalue weighted by atomic mass is 10.2. The summed E-state index contributed by atoms with van der Waals surface area (Å²) in [6, 6.07) is 22.7. The molecule has 0 N–H and O–H groups in total. The first-order valence-electron chi connectivity index (χ1n) is 9.87. The van der Waals surface area contributed by atoms with Crippen molar-refractivity contribution >= 4 is 23.2 Å². The maximum atomic E-state index is 11.9. The Morgan fingerprint density at radius 2 is 1.16 bits per heavy atom. The SMILES string of the molecule is O=C(Oc1ccccc1)Oc1ccc(N2CCN(c3ccc([N+](=O)[O-])cc3)CC2)cc1. The molecule has 1 aliphatic heterocycles. The number of carbonyl (C=O) groups is 1. The maximum absolute atomic E-state index is 11.9. The summed E-state index contributed by atoms with van der Waals surface area (Å²) < 4.78 is 10.4. The Kier molecular flexibility index (Phi) is 5.98. The summed E-state index contributed by atoms with van der Waals surface area (Å²) in [5.41, 5.74) is 2.11. The lowest BCUT2D eigenvalue weighted by Gasteiger charge is -2.37. The number of piperazine rings is 1. The molecule has 0 saturated carbocycles.